The maximum absolute atomic E-state index is 10.1. The van der Waals surface area contributed by atoms with E-state index in [1.54, 1.807) is 7.11 Å². The quantitative estimate of drug-likeness (QED) is 0.686. The number of rotatable bonds is 9. The fourth-order valence-electron chi connectivity index (χ4n) is 2.36. The van der Waals surface area contributed by atoms with Gasteiger partial charge in [-0.05, 0) is 36.0 Å². The number of ether oxygens (including phenoxy) is 2. The molecule has 0 aliphatic heterocycles. The van der Waals surface area contributed by atoms with Crippen LogP contribution in [0.15, 0.2) is 18.2 Å². The Morgan fingerprint density at radius 1 is 1.22 bits per heavy atom. The molecule has 23 heavy (non-hydrogen) atoms. The van der Waals surface area contributed by atoms with Crippen LogP contribution in [-0.2, 0) is 5.41 Å². The van der Waals surface area contributed by atoms with Crippen molar-refractivity contribution < 1.29 is 19.9 Å². The number of hydrogen-bond acceptors (Lipinski definition) is 3. The Bertz CT molecular complexity index is 466. The fourth-order valence-corrected chi connectivity index (χ4v) is 2.36. The average Bonchev–Trinajstić information content (AvgIpc) is 2.48. The molecule has 1 aromatic carbocycles. The first-order chi connectivity index (χ1) is 10.7. The lowest BCUT2D eigenvalue weighted by Gasteiger charge is -2.24. The predicted octanol–water partition coefficient (Wildman–Crippen LogP) is 2.34. The lowest BCUT2D eigenvalue weighted by molar-refractivity contribution is -0.662. The summed E-state index contributed by atoms with van der Waals surface area (Å²) >= 11 is 0. The van der Waals surface area contributed by atoms with E-state index in [0.29, 0.717) is 19.1 Å². The van der Waals surface area contributed by atoms with E-state index in [0.717, 1.165) is 23.6 Å². The monoisotopic (exact) mass is 324 g/mol. The molecule has 132 valence electrons. The van der Waals surface area contributed by atoms with Crippen LogP contribution in [0, 0.1) is 5.92 Å². The smallest absolute Gasteiger partial charge is 0.137 e. The molecule has 1 aromatic rings. The van der Waals surface area contributed by atoms with Gasteiger partial charge in [0.1, 0.15) is 30.8 Å². The van der Waals surface area contributed by atoms with Crippen molar-refractivity contribution in [2.75, 3.05) is 26.8 Å². The Hall–Kier alpha value is -1.26. The topological polar surface area (TPSA) is 55.3 Å². The second-order valence-electron chi connectivity index (χ2n) is 7.57. The van der Waals surface area contributed by atoms with Gasteiger partial charge in [-0.3, -0.25) is 0 Å². The minimum Gasteiger partial charge on any atom is -0.497 e. The molecule has 0 spiro atoms. The Balaban J connectivity index is 2.56. The van der Waals surface area contributed by atoms with E-state index in [1.165, 1.54) is 6.42 Å². The maximum atomic E-state index is 10.1. The highest BCUT2D eigenvalue weighted by Gasteiger charge is 2.20. The molecule has 0 bridgehead atoms. The van der Waals surface area contributed by atoms with Gasteiger partial charge in [-0.1, -0.05) is 34.6 Å². The van der Waals surface area contributed by atoms with Gasteiger partial charge in [0.15, 0.2) is 0 Å². The van der Waals surface area contributed by atoms with Crippen molar-refractivity contribution in [1.82, 2.24) is 0 Å². The number of quaternary nitrogens is 1. The highest BCUT2D eigenvalue weighted by Crippen LogP contribution is 2.34. The zero-order valence-corrected chi connectivity index (χ0v) is 15.6. The van der Waals surface area contributed by atoms with Crippen LogP contribution in [-0.4, -0.2) is 38.0 Å². The summed E-state index contributed by atoms with van der Waals surface area (Å²) in [7, 11) is 1.67. The second kappa shape index (κ2) is 9.14. The first kappa shape index (κ1) is 19.8. The van der Waals surface area contributed by atoms with Crippen molar-refractivity contribution in [1.29, 1.82) is 0 Å². The van der Waals surface area contributed by atoms with Gasteiger partial charge in [-0.15, -0.1) is 0 Å². The molecule has 0 heterocycles. The van der Waals surface area contributed by atoms with E-state index < -0.39 is 6.10 Å². The summed E-state index contributed by atoms with van der Waals surface area (Å²) in [6, 6.07) is 5.83. The first-order valence-electron chi connectivity index (χ1n) is 8.55. The molecule has 0 fully saturated rings. The van der Waals surface area contributed by atoms with Crippen molar-refractivity contribution in [3.63, 3.8) is 0 Å². The molecular formula is C19H34NO3+. The van der Waals surface area contributed by atoms with Gasteiger partial charge in [0.2, 0.25) is 0 Å². The van der Waals surface area contributed by atoms with Crippen molar-refractivity contribution >= 4 is 0 Å². The minimum atomic E-state index is -0.461. The number of aliphatic hydroxyl groups excluding tert-OH is 1. The van der Waals surface area contributed by atoms with Gasteiger partial charge in [0.25, 0.3) is 0 Å². The molecule has 0 amide bonds. The third-order valence-electron chi connectivity index (χ3n) is 3.81. The van der Waals surface area contributed by atoms with Gasteiger partial charge in [0, 0.05) is 5.56 Å². The molecule has 3 N–H and O–H groups in total. The molecule has 0 unspecified atom stereocenters. The summed E-state index contributed by atoms with van der Waals surface area (Å²) < 4.78 is 11.2. The van der Waals surface area contributed by atoms with Crippen molar-refractivity contribution in [2.45, 2.75) is 52.6 Å². The number of hydrogen-bond donors (Lipinski definition) is 2. The summed E-state index contributed by atoms with van der Waals surface area (Å²) in [5.41, 5.74) is 1.05. The van der Waals surface area contributed by atoms with Crippen LogP contribution >= 0.6 is 0 Å². The minimum absolute atomic E-state index is 0.0434. The molecule has 4 nitrogen and oxygen atoms in total. The van der Waals surface area contributed by atoms with Crippen molar-refractivity contribution in [2.24, 2.45) is 5.92 Å². The molecule has 0 aliphatic rings. The highest BCUT2D eigenvalue weighted by molar-refractivity contribution is 5.44. The number of aliphatic hydroxyl groups is 1. The van der Waals surface area contributed by atoms with Crippen LogP contribution in [0.5, 0.6) is 11.5 Å². The number of methoxy groups -OCH3 is 1. The standard InChI is InChI=1S/C19H33NO3/c1-14(2)9-10-20-12-15(21)13-23-18-8-7-16(22-6)11-17(18)19(3,4)5/h7-8,11,14-15,20-21H,9-10,12-13H2,1-6H3/p+1/t15-/m1/s1. The zero-order chi connectivity index (χ0) is 17.5. The van der Waals surface area contributed by atoms with E-state index >= 15 is 0 Å². The third-order valence-corrected chi connectivity index (χ3v) is 3.81. The lowest BCUT2D eigenvalue weighted by atomic mass is 9.86. The molecule has 0 radical (unpaired) electrons. The lowest BCUT2D eigenvalue weighted by Crippen LogP contribution is -2.86. The molecular weight excluding hydrogens is 290 g/mol. The molecule has 0 saturated heterocycles. The van der Waals surface area contributed by atoms with E-state index in [2.05, 4.69) is 39.9 Å². The molecule has 1 rings (SSSR count). The summed E-state index contributed by atoms with van der Waals surface area (Å²) in [6.45, 7) is 12.9. The Morgan fingerprint density at radius 2 is 1.91 bits per heavy atom. The Kier molecular flexibility index (Phi) is 7.86. The largest absolute Gasteiger partial charge is 0.497 e. The van der Waals surface area contributed by atoms with Crippen LogP contribution in [0.4, 0.5) is 0 Å². The van der Waals surface area contributed by atoms with E-state index in [9.17, 15) is 5.11 Å². The summed E-state index contributed by atoms with van der Waals surface area (Å²) in [6.07, 6.45) is 0.706. The van der Waals surface area contributed by atoms with Crippen LogP contribution in [0.2, 0.25) is 0 Å². The predicted molar refractivity (Wildman–Crippen MR) is 94.3 cm³/mol. The number of benzene rings is 1. The average molecular weight is 324 g/mol. The molecule has 4 heteroatoms. The van der Waals surface area contributed by atoms with E-state index in [1.807, 2.05) is 18.2 Å². The fraction of sp³-hybridized carbons (Fsp3) is 0.684. The SMILES string of the molecule is COc1ccc(OC[C@H](O)C[NH2+]CCC(C)C)c(C(C)(C)C)c1. The zero-order valence-electron chi connectivity index (χ0n) is 15.6. The van der Waals surface area contributed by atoms with E-state index in [-0.39, 0.29) is 5.41 Å². The van der Waals surface area contributed by atoms with Gasteiger partial charge in [0.05, 0.1) is 13.7 Å². The molecule has 0 saturated carbocycles. The molecule has 1 atom stereocenters. The Morgan fingerprint density at radius 3 is 2.48 bits per heavy atom. The molecule has 0 aromatic heterocycles. The van der Waals surface area contributed by atoms with Crippen LogP contribution in [0.1, 0.15) is 46.6 Å². The first-order valence-corrected chi connectivity index (χ1v) is 8.55. The van der Waals surface area contributed by atoms with Gasteiger partial charge >= 0.3 is 0 Å². The van der Waals surface area contributed by atoms with E-state index in [4.69, 9.17) is 9.47 Å². The summed E-state index contributed by atoms with van der Waals surface area (Å²) in [4.78, 5) is 0. The van der Waals surface area contributed by atoms with Gasteiger partial charge < -0.3 is 19.9 Å². The van der Waals surface area contributed by atoms with Crippen molar-refractivity contribution in [3.8, 4) is 11.5 Å². The molecule has 0 aliphatic carbocycles. The third kappa shape index (κ3) is 7.23. The van der Waals surface area contributed by atoms with Crippen LogP contribution < -0.4 is 14.8 Å². The highest BCUT2D eigenvalue weighted by atomic mass is 16.5. The van der Waals surface area contributed by atoms with Gasteiger partial charge in [-0.2, -0.15) is 0 Å². The van der Waals surface area contributed by atoms with Crippen molar-refractivity contribution in [3.05, 3.63) is 23.8 Å². The Labute approximate surface area is 141 Å². The second-order valence-corrected chi connectivity index (χ2v) is 7.57. The van der Waals surface area contributed by atoms with Crippen LogP contribution in [0.3, 0.4) is 0 Å². The summed E-state index contributed by atoms with van der Waals surface area (Å²) in [5, 5.41) is 12.2. The normalized spacial score (nSPS) is 13.2. The van der Waals surface area contributed by atoms with Crippen LogP contribution in [0.25, 0.3) is 0 Å². The maximum Gasteiger partial charge on any atom is 0.137 e. The summed E-state index contributed by atoms with van der Waals surface area (Å²) in [5.74, 6) is 2.35. The van der Waals surface area contributed by atoms with Gasteiger partial charge in [-0.25, -0.2) is 0 Å². The number of nitrogens with two attached hydrogens (primary N) is 1.